The molecule has 0 atom stereocenters. The molecule has 0 saturated carbocycles. The van der Waals surface area contributed by atoms with Crippen molar-refractivity contribution in [2.75, 3.05) is 13.7 Å². The average Bonchev–Trinajstić information content (AvgIpc) is 2.69. The summed E-state index contributed by atoms with van der Waals surface area (Å²) in [6, 6.07) is 18.5. The highest BCUT2D eigenvalue weighted by molar-refractivity contribution is 5.94. The van der Waals surface area contributed by atoms with Gasteiger partial charge in [-0.3, -0.25) is 9.59 Å². The predicted molar refractivity (Wildman–Crippen MR) is 104 cm³/mol. The van der Waals surface area contributed by atoms with Gasteiger partial charge in [0.15, 0.2) is 11.4 Å². The maximum Gasteiger partial charge on any atom is 0.275 e. The van der Waals surface area contributed by atoms with Gasteiger partial charge in [0.25, 0.3) is 11.5 Å². The van der Waals surface area contributed by atoms with E-state index in [1.807, 2.05) is 49.4 Å². The molecule has 0 bridgehead atoms. The fourth-order valence-corrected chi connectivity index (χ4v) is 2.67. The lowest BCUT2D eigenvalue weighted by atomic mass is 10.1. The fourth-order valence-electron chi connectivity index (χ4n) is 2.67. The quantitative estimate of drug-likeness (QED) is 0.730. The van der Waals surface area contributed by atoms with Crippen molar-refractivity contribution < 1.29 is 9.53 Å². The first-order valence-corrected chi connectivity index (χ1v) is 8.66. The predicted octanol–water partition coefficient (Wildman–Crippen LogP) is 2.52. The van der Waals surface area contributed by atoms with Gasteiger partial charge in [0.05, 0.1) is 18.9 Å². The zero-order valence-corrected chi connectivity index (χ0v) is 15.3. The second-order valence-electron chi connectivity index (χ2n) is 6.14. The van der Waals surface area contributed by atoms with Crippen molar-refractivity contribution in [1.82, 2.24) is 15.1 Å². The van der Waals surface area contributed by atoms with Gasteiger partial charge in [0.2, 0.25) is 0 Å². The van der Waals surface area contributed by atoms with E-state index in [0.717, 1.165) is 11.1 Å². The second kappa shape index (κ2) is 8.31. The minimum Gasteiger partial charge on any atom is -0.494 e. The lowest BCUT2D eigenvalue weighted by Crippen LogP contribution is -2.31. The van der Waals surface area contributed by atoms with Gasteiger partial charge in [-0.25, -0.2) is 0 Å². The van der Waals surface area contributed by atoms with Gasteiger partial charge in [-0.1, -0.05) is 48.0 Å². The molecule has 1 heterocycles. The van der Waals surface area contributed by atoms with E-state index in [-0.39, 0.29) is 22.9 Å². The maximum absolute atomic E-state index is 12.6. The molecular formula is C21H21N3O3. The Balaban J connectivity index is 1.82. The number of benzene rings is 2. The number of ether oxygens (including phenoxy) is 1. The Morgan fingerprint density at radius 3 is 2.48 bits per heavy atom. The number of methoxy groups -OCH3 is 1. The van der Waals surface area contributed by atoms with E-state index >= 15 is 0 Å². The smallest absolute Gasteiger partial charge is 0.275 e. The molecule has 0 saturated heterocycles. The van der Waals surface area contributed by atoms with Crippen LogP contribution in [0.2, 0.25) is 0 Å². The number of rotatable bonds is 6. The van der Waals surface area contributed by atoms with Gasteiger partial charge in [0, 0.05) is 6.54 Å². The minimum atomic E-state index is -0.386. The van der Waals surface area contributed by atoms with Crippen LogP contribution in [0.5, 0.6) is 5.75 Å². The summed E-state index contributed by atoms with van der Waals surface area (Å²) >= 11 is 0. The molecule has 6 heteroatoms. The third kappa shape index (κ3) is 4.41. The van der Waals surface area contributed by atoms with Crippen LogP contribution in [0.4, 0.5) is 0 Å². The first kappa shape index (κ1) is 18.4. The molecule has 0 aliphatic rings. The molecule has 138 valence electrons. The number of carbonyl (C=O) groups excluding carboxylic acids is 1. The first-order valence-electron chi connectivity index (χ1n) is 8.66. The van der Waals surface area contributed by atoms with E-state index in [9.17, 15) is 9.59 Å². The monoisotopic (exact) mass is 363 g/mol. The lowest BCUT2D eigenvalue weighted by Gasteiger charge is -2.11. The number of aromatic nitrogens is 2. The zero-order chi connectivity index (χ0) is 19.2. The lowest BCUT2D eigenvalue weighted by molar-refractivity contribution is 0.0943. The number of carbonyl (C=O) groups is 1. The minimum absolute atomic E-state index is 0.0748. The maximum atomic E-state index is 12.6. The number of aryl methyl sites for hydroxylation is 1. The van der Waals surface area contributed by atoms with Crippen molar-refractivity contribution >= 4 is 5.91 Å². The summed E-state index contributed by atoms with van der Waals surface area (Å²) in [4.78, 5) is 24.9. The van der Waals surface area contributed by atoms with Gasteiger partial charge in [-0.15, -0.1) is 0 Å². The van der Waals surface area contributed by atoms with Crippen LogP contribution in [0, 0.1) is 6.92 Å². The third-order valence-electron chi connectivity index (χ3n) is 4.15. The van der Waals surface area contributed by atoms with Crippen molar-refractivity contribution in [3.8, 4) is 11.4 Å². The van der Waals surface area contributed by atoms with Crippen LogP contribution in [0.1, 0.15) is 21.6 Å². The number of hydrogen-bond donors (Lipinski definition) is 1. The molecular weight excluding hydrogens is 342 g/mol. The van der Waals surface area contributed by atoms with E-state index < -0.39 is 0 Å². The zero-order valence-electron chi connectivity index (χ0n) is 15.3. The van der Waals surface area contributed by atoms with Crippen molar-refractivity contribution in [2.24, 2.45) is 0 Å². The number of nitrogens with one attached hydrogen (secondary N) is 1. The van der Waals surface area contributed by atoms with Crippen molar-refractivity contribution in [2.45, 2.75) is 13.3 Å². The summed E-state index contributed by atoms with van der Waals surface area (Å²) < 4.78 is 6.39. The Hall–Kier alpha value is -3.41. The van der Waals surface area contributed by atoms with Crippen LogP contribution in [-0.4, -0.2) is 29.3 Å². The highest BCUT2D eigenvalue weighted by Gasteiger charge is 2.17. The van der Waals surface area contributed by atoms with Crippen LogP contribution >= 0.6 is 0 Å². The molecule has 27 heavy (non-hydrogen) atoms. The van der Waals surface area contributed by atoms with Crippen molar-refractivity contribution in [1.29, 1.82) is 0 Å². The van der Waals surface area contributed by atoms with E-state index in [2.05, 4.69) is 10.4 Å². The molecule has 3 rings (SSSR count). The molecule has 0 unspecified atom stereocenters. The van der Waals surface area contributed by atoms with Gasteiger partial charge in [0.1, 0.15) is 0 Å². The van der Waals surface area contributed by atoms with Crippen molar-refractivity contribution in [3.63, 3.8) is 0 Å². The Kier molecular flexibility index (Phi) is 5.66. The van der Waals surface area contributed by atoms with Crippen molar-refractivity contribution in [3.05, 3.63) is 87.8 Å². The molecule has 1 aromatic heterocycles. The Labute approximate surface area is 157 Å². The summed E-state index contributed by atoms with van der Waals surface area (Å²) in [7, 11) is 1.41. The highest BCUT2D eigenvalue weighted by atomic mass is 16.5. The Bertz CT molecular complexity index is 980. The van der Waals surface area contributed by atoms with Gasteiger partial charge in [-0.05, 0) is 31.0 Å². The summed E-state index contributed by atoms with van der Waals surface area (Å²) in [5.41, 5.74) is 2.50. The van der Waals surface area contributed by atoms with E-state index in [0.29, 0.717) is 18.7 Å². The summed E-state index contributed by atoms with van der Waals surface area (Å²) in [6.07, 6.45) is 0.701. The molecule has 1 N–H and O–H groups in total. The summed E-state index contributed by atoms with van der Waals surface area (Å²) in [5, 5.41) is 7.07. The normalized spacial score (nSPS) is 10.4. The molecule has 6 nitrogen and oxygen atoms in total. The number of amides is 1. The molecule has 0 spiro atoms. The van der Waals surface area contributed by atoms with E-state index in [1.54, 1.807) is 12.1 Å². The molecule has 2 aromatic carbocycles. The van der Waals surface area contributed by atoms with Crippen LogP contribution in [-0.2, 0) is 6.42 Å². The molecule has 1 amide bonds. The van der Waals surface area contributed by atoms with Crippen LogP contribution in [0.3, 0.4) is 0 Å². The molecule has 0 aliphatic carbocycles. The molecule has 3 aromatic rings. The number of nitrogens with zero attached hydrogens (tertiary/aromatic N) is 2. The third-order valence-corrected chi connectivity index (χ3v) is 4.15. The Morgan fingerprint density at radius 2 is 1.81 bits per heavy atom. The van der Waals surface area contributed by atoms with Crippen LogP contribution < -0.4 is 15.6 Å². The largest absolute Gasteiger partial charge is 0.494 e. The highest BCUT2D eigenvalue weighted by Crippen LogP contribution is 2.14. The summed E-state index contributed by atoms with van der Waals surface area (Å²) in [6.45, 7) is 2.41. The van der Waals surface area contributed by atoms with E-state index in [4.69, 9.17) is 4.74 Å². The second-order valence-corrected chi connectivity index (χ2v) is 6.14. The Morgan fingerprint density at radius 1 is 1.11 bits per heavy atom. The van der Waals surface area contributed by atoms with Gasteiger partial charge < -0.3 is 10.1 Å². The molecule has 0 aliphatic heterocycles. The van der Waals surface area contributed by atoms with E-state index in [1.165, 1.54) is 17.9 Å². The fraction of sp³-hybridized carbons (Fsp3) is 0.190. The molecule has 0 fully saturated rings. The SMILES string of the molecule is COc1cc(=O)n(-c2ccc(C)cc2)nc1C(=O)NCCc1ccccc1. The number of hydrogen-bond acceptors (Lipinski definition) is 4. The first-order chi connectivity index (χ1) is 13.1. The summed E-state index contributed by atoms with van der Waals surface area (Å²) in [5.74, 6) is -0.232. The van der Waals surface area contributed by atoms with Crippen LogP contribution in [0.25, 0.3) is 5.69 Å². The topological polar surface area (TPSA) is 73.2 Å². The van der Waals surface area contributed by atoms with Crippen LogP contribution in [0.15, 0.2) is 65.5 Å². The standard InChI is InChI=1S/C21H21N3O3/c1-15-8-10-17(11-9-15)24-19(25)14-18(27-2)20(23-24)21(26)22-13-12-16-6-4-3-5-7-16/h3-11,14H,12-13H2,1-2H3,(H,22,26). The van der Waals surface area contributed by atoms with Gasteiger partial charge in [-0.2, -0.15) is 9.78 Å². The average molecular weight is 363 g/mol. The molecule has 0 radical (unpaired) electrons. The van der Waals surface area contributed by atoms with Gasteiger partial charge >= 0.3 is 0 Å².